The van der Waals surface area contributed by atoms with E-state index in [0.717, 1.165) is 27.7 Å². The summed E-state index contributed by atoms with van der Waals surface area (Å²) < 4.78 is 0. The quantitative estimate of drug-likeness (QED) is 0.637. The van der Waals surface area contributed by atoms with E-state index >= 15 is 0 Å². The molecule has 0 aliphatic heterocycles. The highest BCUT2D eigenvalue weighted by Crippen LogP contribution is 2.23. The fourth-order valence-electron chi connectivity index (χ4n) is 1.92. The molecule has 0 unspecified atom stereocenters. The third-order valence-electron chi connectivity index (χ3n) is 2.85. The minimum Gasteiger partial charge on any atom is -0.399 e. The first kappa shape index (κ1) is 9.85. The van der Waals surface area contributed by atoms with Crippen LogP contribution in [0, 0.1) is 0 Å². The Labute approximate surface area is 99.7 Å². The Kier molecular flexibility index (Phi) is 2.26. The van der Waals surface area contributed by atoms with Crippen molar-refractivity contribution in [1.82, 2.24) is 4.98 Å². The van der Waals surface area contributed by atoms with Crippen LogP contribution in [0.1, 0.15) is 0 Å². The second-order valence-corrected chi connectivity index (χ2v) is 4.03. The molecule has 2 heteroatoms. The van der Waals surface area contributed by atoms with E-state index in [-0.39, 0.29) is 0 Å². The summed E-state index contributed by atoms with van der Waals surface area (Å²) in [5.41, 5.74) is 9.81. The number of nitrogens with zero attached hydrogens (tertiary/aromatic N) is 1. The fraction of sp³-hybridized carbons (Fsp3) is 0. The lowest BCUT2D eigenvalue weighted by Crippen LogP contribution is -1.84. The molecule has 0 atom stereocenters. The number of hydrogen-bond acceptors (Lipinski definition) is 2. The summed E-state index contributed by atoms with van der Waals surface area (Å²) in [5.74, 6) is 0. The van der Waals surface area contributed by atoms with Crippen molar-refractivity contribution < 1.29 is 0 Å². The number of anilines is 1. The van der Waals surface area contributed by atoms with Crippen molar-refractivity contribution in [3.05, 3.63) is 60.8 Å². The van der Waals surface area contributed by atoms with Crippen LogP contribution < -0.4 is 5.73 Å². The second-order valence-electron chi connectivity index (χ2n) is 4.03. The Morgan fingerprint density at radius 2 is 1.59 bits per heavy atom. The van der Waals surface area contributed by atoms with Gasteiger partial charge in [-0.15, -0.1) is 0 Å². The van der Waals surface area contributed by atoms with E-state index in [1.54, 1.807) is 0 Å². The monoisotopic (exact) mass is 220 g/mol. The van der Waals surface area contributed by atoms with E-state index in [1.807, 2.05) is 36.5 Å². The lowest BCUT2D eigenvalue weighted by atomic mass is 10.0. The van der Waals surface area contributed by atoms with Crippen molar-refractivity contribution in [2.75, 3.05) is 5.73 Å². The molecule has 0 aliphatic carbocycles. The predicted octanol–water partition coefficient (Wildman–Crippen LogP) is 3.48. The van der Waals surface area contributed by atoms with Crippen molar-refractivity contribution in [3.8, 4) is 11.1 Å². The molecule has 2 nitrogen and oxygen atoms in total. The molecule has 0 bridgehead atoms. The van der Waals surface area contributed by atoms with E-state index in [1.165, 1.54) is 0 Å². The lowest BCUT2D eigenvalue weighted by molar-refractivity contribution is 1.41. The van der Waals surface area contributed by atoms with E-state index in [2.05, 4.69) is 29.2 Å². The van der Waals surface area contributed by atoms with Crippen molar-refractivity contribution in [2.45, 2.75) is 0 Å². The van der Waals surface area contributed by atoms with Crippen LogP contribution in [0.15, 0.2) is 60.8 Å². The number of rotatable bonds is 1. The second kappa shape index (κ2) is 3.91. The average molecular weight is 220 g/mol. The van der Waals surface area contributed by atoms with Crippen LogP contribution in [-0.4, -0.2) is 4.98 Å². The van der Waals surface area contributed by atoms with Crippen LogP contribution in [-0.2, 0) is 0 Å². The van der Waals surface area contributed by atoms with Crippen LogP contribution >= 0.6 is 0 Å². The highest BCUT2D eigenvalue weighted by atomic mass is 14.6. The van der Waals surface area contributed by atoms with Gasteiger partial charge in [0.05, 0.1) is 5.52 Å². The number of nitrogens with two attached hydrogens (primary N) is 1. The molecule has 82 valence electrons. The summed E-state index contributed by atoms with van der Waals surface area (Å²) in [6, 6.07) is 18.2. The zero-order chi connectivity index (χ0) is 11.7. The Bertz CT molecular complexity index is 657. The molecule has 0 radical (unpaired) electrons. The first-order valence-electron chi connectivity index (χ1n) is 5.54. The van der Waals surface area contributed by atoms with E-state index < -0.39 is 0 Å². The maximum Gasteiger partial charge on any atom is 0.0708 e. The van der Waals surface area contributed by atoms with Gasteiger partial charge in [-0.05, 0) is 35.4 Å². The number of fused-ring (bicyclic) bond motifs is 1. The largest absolute Gasteiger partial charge is 0.399 e. The van der Waals surface area contributed by atoms with Gasteiger partial charge in [-0.2, -0.15) is 0 Å². The standard InChI is InChI=1S/C15H12N2/c16-14-7-5-11(6-8-14)13-4-3-12-2-1-9-17-15(12)10-13/h1-10H,16H2. The van der Waals surface area contributed by atoms with Crippen LogP contribution in [0.5, 0.6) is 0 Å². The molecule has 1 heterocycles. The van der Waals surface area contributed by atoms with Gasteiger partial charge >= 0.3 is 0 Å². The van der Waals surface area contributed by atoms with Crippen LogP contribution in [0.2, 0.25) is 0 Å². The number of aromatic nitrogens is 1. The third kappa shape index (κ3) is 1.85. The van der Waals surface area contributed by atoms with Crippen molar-refractivity contribution in [1.29, 1.82) is 0 Å². The summed E-state index contributed by atoms with van der Waals surface area (Å²) in [4.78, 5) is 4.36. The zero-order valence-corrected chi connectivity index (χ0v) is 9.30. The minimum absolute atomic E-state index is 0.785. The molecular weight excluding hydrogens is 208 g/mol. The summed E-state index contributed by atoms with van der Waals surface area (Å²) in [6.45, 7) is 0. The Morgan fingerprint density at radius 3 is 2.41 bits per heavy atom. The molecular formula is C15H12N2. The van der Waals surface area contributed by atoms with Crippen LogP contribution in [0.25, 0.3) is 22.0 Å². The number of nitrogen functional groups attached to an aromatic ring is 1. The van der Waals surface area contributed by atoms with Gasteiger partial charge in [-0.3, -0.25) is 4.98 Å². The maximum atomic E-state index is 5.68. The molecule has 3 aromatic rings. The van der Waals surface area contributed by atoms with Gasteiger partial charge in [0.15, 0.2) is 0 Å². The number of benzene rings is 2. The van der Waals surface area contributed by atoms with Crippen LogP contribution in [0.3, 0.4) is 0 Å². The molecule has 3 rings (SSSR count). The number of pyridine rings is 1. The Hall–Kier alpha value is -2.35. The van der Waals surface area contributed by atoms with Crippen molar-refractivity contribution in [2.24, 2.45) is 0 Å². The Morgan fingerprint density at radius 1 is 0.824 bits per heavy atom. The average Bonchev–Trinajstić information content (AvgIpc) is 2.39. The molecule has 1 aromatic heterocycles. The highest BCUT2D eigenvalue weighted by Gasteiger charge is 1.99. The molecule has 0 saturated heterocycles. The lowest BCUT2D eigenvalue weighted by Gasteiger charge is -2.04. The van der Waals surface area contributed by atoms with Gasteiger partial charge in [0.25, 0.3) is 0 Å². The molecule has 0 spiro atoms. The molecule has 0 amide bonds. The summed E-state index contributed by atoms with van der Waals surface area (Å²) in [6.07, 6.45) is 1.81. The van der Waals surface area contributed by atoms with Gasteiger partial charge in [-0.1, -0.05) is 30.3 Å². The van der Waals surface area contributed by atoms with E-state index in [0.29, 0.717) is 0 Å². The van der Waals surface area contributed by atoms with Crippen LogP contribution in [0.4, 0.5) is 5.69 Å². The van der Waals surface area contributed by atoms with Gasteiger partial charge in [0.1, 0.15) is 0 Å². The molecule has 0 fully saturated rings. The topological polar surface area (TPSA) is 38.9 Å². The fourth-order valence-corrected chi connectivity index (χ4v) is 1.92. The Balaban J connectivity index is 2.14. The maximum absolute atomic E-state index is 5.68. The zero-order valence-electron chi connectivity index (χ0n) is 9.30. The van der Waals surface area contributed by atoms with Gasteiger partial charge < -0.3 is 5.73 Å². The molecule has 0 saturated carbocycles. The summed E-state index contributed by atoms with van der Waals surface area (Å²) in [5, 5.41) is 1.16. The molecule has 17 heavy (non-hydrogen) atoms. The van der Waals surface area contributed by atoms with Gasteiger partial charge in [-0.25, -0.2) is 0 Å². The van der Waals surface area contributed by atoms with Crippen molar-refractivity contribution in [3.63, 3.8) is 0 Å². The normalized spacial score (nSPS) is 10.6. The van der Waals surface area contributed by atoms with E-state index in [4.69, 9.17) is 5.73 Å². The van der Waals surface area contributed by atoms with E-state index in [9.17, 15) is 0 Å². The smallest absolute Gasteiger partial charge is 0.0708 e. The first-order chi connectivity index (χ1) is 8.33. The van der Waals surface area contributed by atoms with Crippen molar-refractivity contribution >= 4 is 16.6 Å². The highest BCUT2D eigenvalue weighted by molar-refractivity contribution is 5.84. The first-order valence-corrected chi connectivity index (χ1v) is 5.54. The molecule has 2 N–H and O–H groups in total. The summed E-state index contributed by atoms with van der Waals surface area (Å²) >= 11 is 0. The SMILES string of the molecule is Nc1ccc(-c2ccc3cccnc3c2)cc1. The third-order valence-corrected chi connectivity index (χ3v) is 2.85. The minimum atomic E-state index is 0.785. The molecule has 0 aliphatic rings. The van der Waals surface area contributed by atoms with Gasteiger partial charge in [0.2, 0.25) is 0 Å². The molecule has 2 aromatic carbocycles. The predicted molar refractivity (Wildman–Crippen MR) is 71.6 cm³/mol. The number of hydrogen-bond donors (Lipinski definition) is 1. The summed E-state index contributed by atoms with van der Waals surface area (Å²) in [7, 11) is 0. The van der Waals surface area contributed by atoms with Gasteiger partial charge in [0, 0.05) is 17.3 Å².